The molecule has 0 amide bonds. The zero-order valence-corrected chi connectivity index (χ0v) is 16.4. The van der Waals surface area contributed by atoms with Gasteiger partial charge in [-0.2, -0.15) is 13.2 Å². The second-order valence-electron chi connectivity index (χ2n) is 7.56. The SMILES string of the molecule is CN1CCN(c2ccccc2C=C2C=CN(c3ccc(C(F)(F)F)cc3)C2)CC1. The Labute approximate surface area is 169 Å². The standard InChI is InChI=1S/C23H24F3N3/c1-27-12-14-28(15-13-27)22-5-3-2-4-19(22)16-18-10-11-29(17-18)21-8-6-20(7-9-21)23(24,25)26/h2-11,16H,12-15,17H2,1H3. The quantitative estimate of drug-likeness (QED) is 0.729. The van der Waals surface area contributed by atoms with Crippen LogP contribution < -0.4 is 9.80 Å². The van der Waals surface area contributed by atoms with Gasteiger partial charge in [0.25, 0.3) is 0 Å². The van der Waals surface area contributed by atoms with E-state index in [2.05, 4.69) is 41.1 Å². The largest absolute Gasteiger partial charge is 0.416 e. The number of benzene rings is 2. The van der Waals surface area contributed by atoms with Crippen LogP contribution in [0.1, 0.15) is 11.1 Å². The number of hydrogen-bond acceptors (Lipinski definition) is 3. The molecule has 2 aromatic carbocycles. The Morgan fingerprint density at radius 3 is 2.28 bits per heavy atom. The topological polar surface area (TPSA) is 9.72 Å². The van der Waals surface area contributed by atoms with Crippen LogP contribution >= 0.6 is 0 Å². The van der Waals surface area contributed by atoms with Gasteiger partial charge in [-0.1, -0.05) is 18.2 Å². The summed E-state index contributed by atoms with van der Waals surface area (Å²) in [7, 11) is 2.14. The highest BCUT2D eigenvalue weighted by molar-refractivity contribution is 5.72. The first-order chi connectivity index (χ1) is 13.9. The third kappa shape index (κ3) is 4.48. The van der Waals surface area contributed by atoms with E-state index >= 15 is 0 Å². The molecule has 0 aromatic heterocycles. The molecule has 2 aliphatic rings. The van der Waals surface area contributed by atoms with Gasteiger partial charge in [0.1, 0.15) is 0 Å². The van der Waals surface area contributed by atoms with Crippen LogP contribution in [0.25, 0.3) is 6.08 Å². The molecule has 1 saturated heterocycles. The number of anilines is 2. The second-order valence-corrected chi connectivity index (χ2v) is 7.56. The number of nitrogens with zero attached hydrogens (tertiary/aromatic N) is 3. The molecule has 1 fully saturated rings. The van der Waals surface area contributed by atoms with E-state index in [0.29, 0.717) is 6.54 Å². The van der Waals surface area contributed by atoms with Gasteiger partial charge in [-0.15, -0.1) is 0 Å². The van der Waals surface area contributed by atoms with E-state index < -0.39 is 11.7 Å². The summed E-state index contributed by atoms with van der Waals surface area (Å²) in [6, 6.07) is 13.7. The Kier molecular flexibility index (Phi) is 5.37. The van der Waals surface area contributed by atoms with Gasteiger partial charge in [0, 0.05) is 50.3 Å². The lowest BCUT2D eigenvalue weighted by molar-refractivity contribution is -0.137. The Morgan fingerprint density at radius 1 is 0.897 bits per heavy atom. The fourth-order valence-corrected chi connectivity index (χ4v) is 3.75. The van der Waals surface area contributed by atoms with Crippen LogP contribution in [-0.4, -0.2) is 44.7 Å². The average Bonchev–Trinajstić information content (AvgIpc) is 3.17. The van der Waals surface area contributed by atoms with Crippen LogP contribution in [0.2, 0.25) is 0 Å². The van der Waals surface area contributed by atoms with Crippen molar-refractivity contribution < 1.29 is 13.2 Å². The molecule has 0 atom stereocenters. The zero-order valence-electron chi connectivity index (χ0n) is 16.4. The fourth-order valence-electron chi connectivity index (χ4n) is 3.75. The molecule has 0 N–H and O–H groups in total. The summed E-state index contributed by atoms with van der Waals surface area (Å²) in [6.07, 6.45) is 1.82. The summed E-state index contributed by atoms with van der Waals surface area (Å²) in [6.45, 7) is 4.75. The lowest BCUT2D eigenvalue weighted by Crippen LogP contribution is -2.44. The van der Waals surface area contributed by atoms with Crippen LogP contribution in [0.3, 0.4) is 0 Å². The zero-order chi connectivity index (χ0) is 20.4. The molecule has 152 valence electrons. The van der Waals surface area contributed by atoms with Gasteiger partial charge in [0.2, 0.25) is 0 Å². The van der Waals surface area contributed by atoms with Crippen molar-refractivity contribution >= 4 is 17.5 Å². The third-order valence-corrected chi connectivity index (χ3v) is 5.47. The molecule has 0 unspecified atom stereocenters. The number of halogens is 3. The lowest BCUT2D eigenvalue weighted by atomic mass is 10.1. The monoisotopic (exact) mass is 399 g/mol. The molecule has 0 aliphatic carbocycles. The van der Waals surface area contributed by atoms with Crippen molar-refractivity contribution in [3.8, 4) is 0 Å². The Morgan fingerprint density at radius 2 is 1.59 bits per heavy atom. The van der Waals surface area contributed by atoms with Crippen molar-refractivity contribution in [2.75, 3.05) is 49.6 Å². The Bertz CT molecular complexity index is 908. The maximum absolute atomic E-state index is 12.8. The van der Waals surface area contributed by atoms with E-state index in [-0.39, 0.29) is 0 Å². The third-order valence-electron chi connectivity index (χ3n) is 5.47. The molecule has 0 radical (unpaired) electrons. The first-order valence-corrected chi connectivity index (χ1v) is 9.75. The highest BCUT2D eigenvalue weighted by Gasteiger charge is 2.30. The smallest absolute Gasteiger partial charge is 0.368 e. The Hall–Kier alpha value is -2.73. The molecule has 3 nitrogen and oxygen atoms in total. The molecule has 2 heterocycles. The predicted octanol–water partition coefficient (Wildman–Crippen LogP) is 4.87. The van der Waals surface area contributed by atoms with Gasteiger partial charge >= 0.3 is 6.18 Å². The number of hydrogen-bond donors (Lipinski definition) is 0. The lowest BCUT2D eigenvalue weighted by Gasteiger charge is -2.35. The van der Waals surface area contributed by atoms with E-state index in [9.17, 15) is 13.2 Å². The maximum Gasteiger partial charge on any atom is 0.416 e. The highest BCUT2D eigenvalue weighted by atomic mass is 19.4. The van der Waals surface area contributed by atoms with Crippen molar-refractivity contribution in [3.05, 3.63) is 77.5 Å². The van der Waals surface area contributed by atoms with Crippen LogP contribution in [0.4, 0.5) is 24.5 Å². The number of rotatable bonds is 3. The summed E-state index contributed by atoms with van der Waals surface area (Å²) in [5.41, 5.74) is 3.67. The van der Waals surface area contributed by atoms with Gasteiger partial charge < -0.3 is 14.7 Å². The molecule has 0 bridgehead atoms. The number of likely N-dealkylation sites (N-methyl/N-ethyl adjacent to an activating group) is 1. The van der Waals surface area contributed by atoms with Crippen molar-refractivity contribution in [3.63, 3.8) is 0 Å². The molecule has 0 spiro atoms. The van der Waals surface area contributed by atoms with E-state index in [1.807, 2.05) is 23.2 Å². The minimum Gasteiger partial charge on any atom is -0.368 e. The van der Waals surface area contributed by atoms with E-state index in [0.717, 1.165) is 49.6 Å². The number of para-hydroxylation sites is 1. The molecular weight excluding hydrogens is 375 g/mol. The van der Waals surface area contributed by atoms with Crippen LogP contribution in [0, 0.1) is 0 Å². The van der Waals surface area contributed by atoms with Gasteiger partial charge in [0.05, 0.1) is 5.56 Å². The van der Waals surface area contributed by atoms with E-state index in [4.69, 9.17) is 0 Å². The van der Waals surface area contributed by atoms with Crippen molar-refractivity contribution in [1.82, 2.24) is 4.90 Å². The van der Waals surface area contributed by atoms with Crippen LogP contribution in [0.15, 0.2) is 66.4 Å². The normalized spacial score (nSPS) is 19.4. The number of alkyl halides is 3. The van der Waals surface area contributed by atoms with Gasteiger partial charge in [-0.3, -0.25) is 0 Å². The van der Waals surface area contributed by atoms with Crippen molar-refractivity contribution in [2.24, 2.45) is 0 Å². The maximum atomic E-state index is 12.8. The summed E-state index contributed by atoms with van der Waals surface area (Å²) in [5, 5.41) is 0. The average molecular weight is 399 g/mol. The highest BCUT2D eigenvalue weighted by Crippen LogP contribution is 2.32. The van der Waals surface area contributed by atoms with Crippen molar-refractivity contribution in [2.45, 2.75) is 6.18 Å². The summed E-state index contributed by atoms with van der Waals surface area (Å²) < 4.78 is 38.3. The van der Waals surface area contributed by atoms with Crippen LogP contribution in [-0.2, 0) is 6.18 Å². The minimum absolute atomic E-state index is 0.624. The molecule has 29 heavy (non-hydrogen) atoms. The van der Waals surface area contributed by atoms with Crippen LogP contribution in [0.5, 0.6) is 0 Å². The molecule has 2 aromatic rings. The first-order valence-electron chi connectivity index (χ1n) is 9.75. The summed E-state index contributed by atoms with van der Waals surface area (Å²) >= 11 is 0. The molecule has 2 aliphatic heterocycles. The van der Waals surface area contributed by atoms with E-state index in [1.54, 1.807) is 0 Å². The Balaban J connectivity index is 1.49. The molecular formula is C23H24F3N3. The predicted molar refractivity (Wildman–Crippen MR) is 112 cm³/mol. The molecule has 6 heteroatoms. The van der Waals surface area contributed by atoms with Gasteiger partial charge in [0.15, 0.2) is 0 Å². The molecule has 0 saturated carbocycles. The van der Waals surface area contributed by atoms with Crippen molar-refractivity contribution in [1.29, 1.82) is 0 Å². The molecule has 4 rings (SSSR count). The minimum atomic E-state index is -4.31. The van der Waals surface area contributed by atoms with E-state index in [1.165, 1.54) is 23.4 Å². The second kappa shape index (κ2) is 7.95. The fraction of sp³-hybridized carbons (Fsp3) is 0.304. The summed E-state index contributed by atoms with van der Waals surface area (Å²) in [4.78, 5) is 6.71. The number of piperazine rings is 1. The van der Waals surface area contributed by atoms with Gasteiger partial charge in [-0.05, 0) is 60.7 Å². The van der Waals surface area contributed by atoms with Gasteiger partial charge in [-0.25, -0.2) is 0 Å². The first kappa shape index (κ1) is 19.6. The summed E-state index contributed by atoms with van der Waals surface area (Å²) in [5.74, 6) is 0.